The van der Waals surface area contributed by atoms with E-state index < -0.39 is 0 Å². The van der Waals surface area contributed by atoms with Gasteiger partial charge in [0.2, 0.25) is 0 Å². The van der Waals surface area contributed by atoms with Gasteiger partial charge in [-0.3, -0.25) is 0 Å². The van der Waals surface area contributed by atoms with Crippen LogP contribution in [0, 0.1) is 6.92 Å². The zero-order valence-electron chi connectivity index (χ0n) is 15.4. The maximum Gasteiger partial charge on any atom is 0.175 e. The van der Waals surface area contributed by atoms with E-state index in [2.05, 4.69) is 81.7 Å². The molecule has 0 spiro atoms. The number of thiocarbonyl (C=S) groups is 1. The second-order valence-corrected chi connectivity index (χ2v) is 6.87. The van der Waals surface area contributed by atoms with Crippen molar-refractivity contribution < 1.29 is 0 Å². The van der Waals surface area contributed by atoms with Crippen LogP contribution in [-0.2, 0) is 12.8 Å². The summed E-state index contributed by atoms with van der Waals surface area (Å²) in [6.07, 6.45) is 1.97. The predicted octanol–water partition coefficient (Wildman–Crippen LogP) is 6.05. The van der Waals surface area contributed by atoms with Crippen molar-refractivity contribution in [3.63, 3.8) is 0 Å². The van der Waals surface area contributed by atoms with E-state index in [0.29, 0.717) is 11.0 Å². The fourth-order valence-corrected chi connectivity index (χ4v) is 3.30. The van der Waals surface area contributed by atoms with Crippen molar-refractivity contribution in [3.05, 3.63) is 58.7 Å². The molecule has 0 radical (unpaired) electrons. The van der Waals surface area contributed by atoms with Crippen LogP contribution in [0.2, 0.25) is 0 Å². The quantitative estimate of drug-likeness (QED) is 0.648. The predicted molar refractivity (Wildman–Crippen MR) is 110 cm³/mol. The van der Waals surface area contributed by atoms with Gasteiger partial charge in [0.15, 0.2) is 5.11 Å². The maximum atomic E-state index is 5.54. The molecule has 0 aliphatic carbocycles. The highest BCUT2D eigenvalue weighted by Gasteiger charge is 2.09. The average Bonchev–Trinajstić information content (AvgIpc) is 2.54. The van der Waals surface area contributed by atoms with Crippen molar-refractivity contribution in [3.8, 4) is 0 Å². The summed E-state index contributed by atoms with van der Waals surface area (Å²) in [5.41, 5.74) is 7.44. The van der Waals surface area contributed by atoms with Gasteiger partial charge in [0.1, 0.15) is 0 Å². The highest BCUT2D eigenvalue weighted by molar-refractivity contribution is 7.80. The standard InChI is InChI=1S/C21H28N2S/c1-6-16-9-8-10-17(7-2)20(16)23-21(24)22-18-11-12-19(14(3)4)15(5)13-18/h8-14H,6-7H2,1-5H3,(H2,22,23,24). The van der Waals surface area contributed by atoms with Crippen molar-refractivity contribution in [1.82, 2.24) is 0 Å². The van der Waals surface area contributed by atoms with Gasteiger partial charge in [-0.25, -0.2) is 0 Å². The van der Waals surface area contributed by atoms with Crippen LogP contribution in [0.3, 0.4) is 0 Å². The van der Waals surface area contributed by atoms with Crippen LogP contribution in [0.15, 0.2) is 36.4 Å². The van der Waals surface area contributed by atoms with Crippen molar-refractivity contribution in [2.24, 2.45) is 0 Å². The van der Waals surface area contributed by atoms with E-state index in [1.54, 1.807) is 0 Å². The van der Waals surface area contributed by atoms with E-state index in [1.165, 1.54) is 22.3 Å². The molecule has 0 saturated carbocycles. The average molecular weight is 341 g/mol. The van der Waals surface area contributed by atoms with Crippen molar-refractivity contribution in [1.29, 1.82) is 0 Å². The second-order valence-electron chi connectivity index (χ2n) is 6.46. The second kappa shape index (κ2) is 8.29. The lowest BCUT2D eigenvalue weighted by molar-refractivity contribution is 0.857. The molecule has 0 amide bonds. The Kier molecular flexibility index (Phi) is 6.38. The first-order valence-electron chi connectivity index (χ1n) is 8.75. The van der Waals surface area contributed by atoms with Crippen LogP contribution >= 0.6 is 12.2 Å². The Morgan fingerprint density at radius 3 is 2.12 bits per heavy atom. The smallest absolute Gasteiger partial charge is 0.175 e. The highest BCUT2D eigenvalue weighted by Crippen LogP contribution is 2.24. The Bertz CT molecular complexity index is 698. The molecule has 0 unspecified atom stereocenters. The van der Waals surface area contributed by atoms with Crippen molar-refractivity contribution >= 4 is 28.7 Å². The highest BCUT2D eigenvalue weighted by atomic mass is 32.1. The summed E-state index contributed by atoms with van der Waals surface area (Å²) in [4.78, 5) is 0. The van der Waals surface area contributed by atoms with Crippen molar-refractivity contribution in [2.45, 2.75) is 53.4 Å². The van der Waals surface area contributed by atoms with Gasteiger partial charge in [0, 0.05) is 11.4 Å². The molecular formula is C21H28N2S. The molecule has 0 fully saturated rings. The minimum Gasteiger partial charge on any atom is -0.332 e. The van der Waals surface area contributed by atoms with Gasteiger partial charge < -0.3 is 10.6 Å². The van der Waals surface area contributed by atoms with E-state index in [-0.39, 0.29) is 0 Å². The Morgan fingerprint density at radius 1 is 1.00 bits per heavy atom. The monoisotopic (exact) mass is 340 g/mol. The molecule has 128 valence electrons. The van der Waals surface area contributed by atoms with E-state index >= 15 is 0 Å². The zero-order valence-corrected chi connectivity index (χ0v) is 16.2. The fourth-order valence-electron chi connectivity index (χ4n) is 3.08. The van der Waals surface area contributed by atoms with Crippen LogP contribution < -0.4 is 10.6 Å². The first-order valence-corrected chi connectivity index (χ1v) is 9.16. The number of hydrogen-bond donors (Lipinski definition) is 2. The summed E-state index contributed by atoms with van der Waals surface area (Å²) < 4.78 is 0. The van der Waals surface area contributed by atoms with Crippen LogP contribution in [0.5, 0.6) is 0 Å². The molecule has 24 heavy (non-hydrogen) atoms. The summed E-state index contributed by atoms with van der Waals surface area (Å²) in [6.45, 7) is 10.9. The van der Waals surface area contributed by atoms with Gasteiger partial charge in [-0.05, 0) is 72.3 Å². The molecule has 0 atom stereocenters. The largest absolute Gasteiger partial charge is 0.332 e. The van der Waals surface area contributed by atoms with Crippen LogP contribution in [0.1, 0.15) is 55.9 Å². The van der Waals surface area contributed by atoms with Gasteiger partial charge in [-0.15, -0.1) is 0 Å². The molecule has 0 aromatic heterocycles. The summed E-state index contributed by atoms with van der Waals surface area (Å²) in [6, 6.07) is 12.9. The van der Waals surface area contributed by atoms with Gasteiger partial charge >= 0.3 is 0 Å². The summed E-state index contributed by atoms with van der Waals surface area (Å²) in [5.74, 6) is 0.535. The minimum atomic E-state index is 0.535. The molecule has 3 heteroatoms. The maximum absolute atomic E-state index is 5.54. The van der Waals surface area contributed by atoms with Gasteiger partial charge in [-0.2, -0.15) is 0 Å². The summed E-state index contributed by atoms with van der Waals surface area (Å²) in [5, 5.41) is 7.37. The van der Waals surface area contributed by atoms with Gasteiger partial charge in [0.25, 0.3) is 0 Å². The number of benzene rings is 2. The van der Waals surface area contributed by atoms with Gasteiger partial charge in [0.05, 0.1) is 0 Å². The van der Waals surface area contributed by atoms with Crippen LogP contribution in [0.25, 0.3) is 0 Å². The third-order valence-corrected chi connectivity index (χ3v) is 4.59. The molecule has 2 rings (SSSR count). The van der Waals surface area contributed by atoms with E-state index in [9.17, 15) is 0 Å². The first kappa shape index (κ1) is 18.5. The summed E-state index contributed by atoms with van der Waals surface area (Å²) in [7, 11) is 0. The first-order chi connectivity index (χ1) is 11.5. The third kappa shape index (κ3) is 4.35. The fraction of sp³-hybridized carbons (Fsp3) is 0.381. The lowest BCUT2D eigenvalue weighted by Crippen LogP contribution is -2.21. The number of rotatable bonds is 5. The molecule has 2 aromatic carbocycles. The number of anilines is 2. The Labute approximate surface area is 151 Å². The third-order valence-electron chi connectivity index (χ3n) is 4.39. The SMILES string of the molecule is CCc1cccc(CC)c1NC(=S)Nc1ccc(C(C)C)c(C)c1. The van der Waals surface area contributed by atoms with Crippen LogP contribution in [0.4, 0.5) is 11.4 Å². The molecule has 0 aliphatic heterocycles. The lowest BCUT2D eigenvalue weighted by atomic mass is 9.98. The Balaban J connectivity index is 2.16. The van der Waals surface area contributed by atoms with E-state index in [0.717, 1.165) is 24.2 Å². The zero-order chi connectivity index (χ0) is 17.7. The van der Waals surface area contributed by atoms with Crippen molar-refractivity contribution in [2.75, 3.05) is 10.6 Å². The summed E-state index contributed by atoms with van der Waals surface area (Å²) >= 11 is 5.54. The minimum absolute atomic E-state index is 0.535. The van der Waals surface area contributed by atoms with E-state index in [4.69, 9.17) is 12.2 Å². The molecule has 0 aliphatic rings. The van der Waals surface area contributed by atoms with Gasteiger partial charge in [-0.1, -0.05) is 52.0 Å². The molecule has 2 aromatic rings. The molecule has 2 nitrogen and oxygen atoms in total. The topological polar surface area (TPSA) is 24.1 Å². The normalized spacial score (nSPS) is 10.8. The number of hydrogen-bond acceptors (Lipinski definition) is 1. The van der Waals surface area contributed by atoms with E-state index in [1.807, 2.05) is 0 Å². The molecule has 2 N–H and O–H groups in total. The van der Waals surface area contributed by atoms with Crippen LogP contribution in [-0.4, -0.2) is 5.11 Å². The molecule has 0 bridgehead atoms. The number of aryl methyl sites for hydroxylation is 3. The molecule has 0 saturated heterocycles. The Morgan fingerprint density at radius 2 is 1.62 bits per heavy atom. The molecule has 0 heterocycles. The number of para-hydroxylation sites is 1. The number of nitrogens with one attached hydrogen (secondary N) is 2. The lowest BCUT2D eigenvalue weighted by Gasteiger charge is -2.18. The Hall–Kier alpha value is -1.87. The molecular weight excluding hydrogens is 312 g/mol.